The maximum absolute atomic E-state index is 13.2. The zero-order valence-electron chi connectivity index (χ0n) is 24.0. The van der Waals surface area contributed by atoms with E-state index in [0.29, 0.717) is 45.9 Å². The first-order chi connectivity index (χ1) is 19.2. The third-order valence-corrected chi connectivity index (χ3v) is 10.2. The molecule has 5 atom stereocenters. The van der Waals surface area contributed by atoms with E-state index in [2.05, 4.69) is 48.2 Å². The second-order valence-corrected chi connectivity index (χ2v) is 13.2. The average Bonchev–Trinajstić information content (AvgIpc) is 2.94. The molecule has 2 N–H and O–H groups in total. The first-order valence-electron chi connectivity index (χ1n) is 14.8. The summed E-state index contributed by atoms with van der Waals surface area (Å²) in [7, 11) is 0. The molecule has 3 aliphatic carbocycles. The fraction of sp³-hybridized carbons (Fsp3) is 0.531. The molecule has 3 saturated carbocycles. The highest BCUT2D eigenvalue weighted by atomic mass is 35.5. The van der Waals surface area contributed by atoms with E-state index in [1.54, 1.807) is 10.9 Å². The SMILES string of the molecule is C[C@@H]1[C@@H](N=C(Nc2ccc3c(=O)n(CCc4ccc(Cl)cc4)cnc3c2)N2CCN[C@@H](C)C2)C[C@H]2C[C@H]1C2(C)C. The average molecular weight is 561 g/mol. The van der Waals surface area contributed by atoms with Gasteiger partial charge in [-0.25, -0.2) is 9.98 Å². The van der Waals surface area contributed by atoms with Crippen LogP contribution < -0.4 is 16.2 Å². The number of nitrogens with zero attached hydrogens (tertiary/aromatic N) is 4. The van der Waals surface area contributed by atoms with Crippen LogP contribution in [-0.2, 0) is 13.0 Å². The molecule has 212 valence electrons. The zero-order valence-corrected chi connectivity index (χ0v) is 24.8. The summed E-state index contributed by atoms with van der Waals surface area (Å²) in [6, 6.07) is 14.3. The molecule has 7 nitrogen and oxygen atoms in total. The summed E-state index contributed by atoms with van der Waals surface area (Å²) in [5.74, 6) is 3.02. The van der Waals surface area contributed by atoms with Gasteiger partial charge in [0.15, 0.2) is 5.96 Å². The van der Waals surface area contributed by atoms with E-state index in [4.69, 9.17) is 16.6 Å². The topological polar surface area (TPSA) is 74.5 Å². The van der Waals surface area contributed by atoms with Crippen LogP contribution in [0.1, 0.15) is 46.1 Å². The Balaban J connectivity index is 1.23. The predicted octanol–water partition coefficient (Wildman–Crippen LogP) is 5.42. The number of nitrogens with one attached hydrogen (secondary N) is 2. The third kappa shape index (κ3) is 5.26. The molecular formula is C32H41ClN6O. The minimum absolute atomic E-state index is 0.0202. The van der Waals surface area contributed by atoms with Crippen LogP contribution in [0.25, 0.3) is 10.9 Å². The molecule has 1 saturated heterocycles. The fourth-order valence-corrected chi connectivity index (χ4v) is 7.32. The Labute approximate surface area is 242 Å². The standard InChI is InChI=1S/C32H41ClN6O/c1-20-18-38(14-12-34-20)31(37-28-16-23-15-27(21(28)2)32(23,3)4)36-25-9-10-26-29(17-25)35-19-39(30(26)40)13-11-22-5-7-24(33)8-6-22/h5-10,17,19-21,23,27-28,34H,11-16,18H2,1-4H3,(H,36,37)/t20-,21-,23+,27+,28-/m0/s1. The van der Waals surface area contributed by atoms with Gasteiger partial charge in [0.25, 0.3) is 5.56 Å². The first-order valence-corrected chi connectivity index (χ1v) is 15.1. The number of anilines is 1. The highest BCUT2D eigenvalue weighted by molar-refractivity contribution is 6.30. The summed E-state index contributed by atoms with van der Waals surface area (Å²) in [4.78, 5) is 25.7. The lowest BCUT2D eigenvalue weighted by Crippen LogP contribution is -2.57. The van der Waals surface area contributed by atoms with Crippen molar-refractivity contribution in [1.82, 2.24) is 19.8 Å². The van der Waals surface area contributed by atoms with Crippen molar-refractivity contribution < 1.29 is 0 Å². The van der Waals surface area contributed by atoms with Crippen molar-refractivity contribution >= 4 is 34.2 Å². The minimum Gasteiger partial charge on any atom is -0.340 e. The number of aryl methyl sites for hydroxylation is 2. The van der Waals surface area contributed by atoms with Crippen LogP contribution in [0, 0.1) is 23.2 Å². The molecule has 0 unspecified atom stereocenters. The van der Waals surface area contributed by atoms with E-state index in [0.717, 1.165) is 61.5 Å². The Hall–Kier alpha value is -2.90. The molecule has 8 heteroatoms. The lowest BCUT2D eigenvalue weighted by atomic mass is 9.45. The summed E-state index contributed by atoms with van der Waals surface area (Å²) in [6.07, 6.45) is 4.91. The van der Waals surface area contributed by atoms with Gasteiger partial charge in [-0.2, -0.15) is 0 Å². The number of halogens is 1. The Morgan fingerprint density at radius 3 is 2.70 bits per heavy atom. The van der Waals surface area contributed by atoms with Crippen LogP contribution in [0.2, 0.25) is 5.02 Å². The Bertz CT molecular complexity index is 1460. The van der Waals surface area contributed by atoms with Gasteiger partial charge in [0.2, 0.25) is 0 Å². The van der Waals surface area contributed by atoms with Crippen LogP contribution in [-0.4, -0.2) is 52.1 Å². The number of aromatic nitrogens is 2. The van der Waals surface area contributed by atoms with E-state index >= 15 is 0 Å². The van der Waals surface area contributed by atoms with Crippen LogP contribution >= 0.6 is 11.6 Å². The fourth-order valence-electron chi connectivity index (χ4n) is 7.19. The number of hydrogen-bond donors (Lipinski definition) is 2. The Kier molecular flexibility index (Phi) is 7.38. The highest BCUT2D eigenvalue weighted by Crippen LogP contribution is 2.61. The molecule has 1 aromatic heterocycles. The Morgan fingerprint density at radius 1 is 1.18 bits per heavy atom. The molecule has 0 spiro atoms. The minimum atomic E-state index is -0.0202. The van der Waals surface area contributed by atoms with Gasteiger partial charge < -0.3 is 15.5 Å². The number of benzene rings is 2. The lowest BCUT2D eigenvalue weighted by molar-refractivity contribution is -0.108. The largest absolute Gasteiger partial charge is 0.340 e. The van der Waals surface area contributed by atoms with E-state index in [1.807, 2.05) is 42.5 Å². The predicted molar refractivity (Wildman–Crippen MR) is 164 cm³/mol. The molecule has 2 aromatic carbocycles. The maximum Gasteiger partial charge on any atom is 0.261 e. The molecule has 2 heterocycles. The van der Waals surface area contributed by atoms with Crippen molar-refractivity contribution in [1.29, 1.82) is 0 Å². The number of guanidine groups is 1. The van der Waals surface area contributed by atoms with Gasteiger partial charge in [0.05, 0.1) is 23.3 Å². The second-order valence-electron chi connectivity index (χ2n) is 12.8. The van der Waals surface area contributed by atoms with Crippen LogP contribution in [0.4, 0.5) is 5.69 Å². The maximum atomic E-state index is 13.2. The van der Waals surface area contributed by atoms with Crippen molar-refractivity contribution in [2.45, 2.75) is 65.6 Å². The number of hydrogen-bond acceptors (Lipinski definition) is 4. The molecule has 7 rings (SSSR count). The summed E-state index contributed by atoms with van der Waals surface area (Å²) >= 11 is 6.00. The van der Waals surface area contributed by atoms with Crippen LogP contribution in [0.3, 0.4) is 0 Å². The van der Waals surface area contributed by atoms with Gasteiger partial charge in [-0.1, -0.05) is 44.5 Å². The number of fused-ring (bicyclic) bond motifs is 3. The van der Waals surface area contributed by atoms with Crippen LogP contribution in [0.5, 0.6) is 0 Å². The lowest BCUT2D eigenvalue weighted by Gasteiger charge is -2.61. The third-order valence-electron chi connectivity index (χ3n) is 9.91. The van der Waals surface area contributed by atoms with Gasteiger partial charge in [-0.05, 0) is 85.3 Å². The van der Waals surface area contributed by atoms with Crippen molar-refractivity contribution in [2.75, 3.05) is 25.0 Å². The van der Waals surface area contributed by atoms with E-state index < -0.39 is 0 Å². The molecule has 40 heavy (non-hydrogen) atoms. The summed E-state index contributed by atoms with van der Waals surface area (Å²) in [5.41, 5.74) is 3.16. The van der Waals surface area contributed by atoms with Gasteiger partial charge in [0.1, 0.15) is 0 Å². The molecule has 2 bridgehead atoms. The molecule has 3 aromatic rings. The van der Waals surface area contributed by atoms with Crippen molar-refractivity contribution in [3.05, 3.63) is 69.7 Å². The highest BCUT2D eigenvalue weighted by Gasteiger charge is 2.56. The zero-order chi connectivity index (χ0) is 28.0. The quantitative estimate of drug-likeness (QED) is 0.322. The van der Waals surface area contributed by atoms with Crippen molar-refractivity contribution in [3.8, 4) is 0 Å². The second kappa shape index (κ2) is 10.8. The van der Waals surface area contributed by atoms with Gasteiger partial charge in [-0.3, -0.25) is 9.36 Å². The van der Waals surface area contributed by atoms with Gasteiger partial charge in [0, 0.05) is 42.9 Å². The normalized spacial score (nSPS) is 27.9. The molecule has 4 fully saturated rings. The van der Waals surface area contributed by atoms with E-state index in [1.165, 1.54) is 6.42 Å². The van der Waals surface area contributed by atoms with Crippen molar-refractivity contribution in [3.63, 3.8) is 0 Å². The monoisotopic (exact) mass is 560 g/mol. The first kappa shape index (κ1) is 27.3. The molecular weight excluding hydrogens is 520 g/mol. The van der Waals surface area contributed by atoms with E-state index in [-0.39, 0.29) is 5.56 Å². The van der Waals surface area contributed by atoms with Gasteiger partial charge in [-0.15, -0.1) is 0 Å². The van der Waals surface area contributed by atoms with Gasteiger partial charge >= 0.3 is 0 Å². The number of rotatable bonds is 5. The number of piperazine rings is 1. The molecule has 1 aliphatic heterocycles. The van der Waals surface area contributed by atoms with Crippen molar-refractivity contribution in [2.24, 2.45) is 28.2 Å². The molecule has 0 amide bonds. The summed E-state index contributed by atoms with van der Waals surface area (Å²) in [6.45, 7) is 12.8. The van der Waals surface area contributed by atoms with Crippen LogP contribution in [0.15, 0.2) is 58.6 Å². The summed E-state index contributed by atoms with van der Waals surface area (Å²) < 4.78 is 1.69. The molecule has 4 aliphatic rings. The smallest absolute Gasteiger partial charge is 0.261 e. The number of aliphatic imine (C=N–C) groups is 1. The summed E-state index contributed by atoms with van der Waals surface area (Å²) in [5, 5.41) is 8.54. The van der Waals surface area contributed by atoms with E-state index in [9.17, 15) is 4.79 Å². The molecule has 0 radical (unpaired) electrons. The Morgan fingerprint density at radius 2 is 1.98 bits per heavy atom.